The summed E-state index contributed by atoms with van der Waals surface area (Å²) in [6, 6.07) is 12.2. The highest BCUT2D eigenvalue weighted by Crippen LogP contribution is 2.32. The van der Waals surface area contributed by atoms with Crippen molar-refractivity contribution in [2.24, 2.45) is 0 Å². The van der Waals surface area contributed by atoms with Crippen LogP contribution in [0.4, 0.5) is 8.78 Å². The summed E-state index contributed by atoms with van der Waals surface area (Å²) in [6.07, 6.45) is 4.91. The first-order chi connectivity index (χ1) is 15.5. The Morgan fingerprint density at radius 2 is 1.66 bits per heavy atom. The second-order valence-electron chi connectivity index (χ2n) is 7.82. The zero-order valence-electron chi connectivity index (χ0n) is 17.7. The maximum Gasteiger partial charge on any atom is 0.233 e. The van der Waals surface area contributed by atoms with Crippen LogP contribution < -0.4 is 5.32 Å². The Balaban J connectivity index is 1.66. The molecule has 166 valence electrons. The third kappa shape index (κ3) is 5.30. The van der Waals surface area contributed by atoms with Crippen LogP contribution in [0.3, 0.4) is 0 Å². The van der Waals surface area contributed by atoms with Crippen molar-refractivity contribution in [2.75, 3.05) is 0 Å². The minimum atomic E-state index is -0.414. The van der Waals surface area contributed by atoms with E-state index in [0.29, 0.717) is 34.1 Å². The van der Waals surface area contributed by atoms with Crippen LogP contribution in [-0.4, -0.2) is 32.4 Å². The summed E-state index contributed by atoms with van der Waals surface area (Å²) in [5, 5.41) is 11.6. The molecule has 1 aliphatic carbocycles. The first kappa shape index (κ1) is 22.3. The third-order valence-electron chi connectivity index (χ3n) is 5.48. The van der Waals surface area contributed by atoms with Crippen LogP contribution in [0.5, 0.6) is 0 Å². The quantitative estimate of drug-likeness (QED) is 0.483. The molecule has 5 nitrogen and oxygen atoms in total. The average molecular weight is 455 g/mol. The normalized spacial score (nSPS) is 15.0. The highest BCUT2D eigenvalue weighted by molar-refractivity contribution is 8.00. The Hall–Kier alpha value is -2.87. The fraction of sp³-hybridized carbons (Fsp3) is 0.333. The van der Waals surface area contributed by atoms with Crippen LogP contribution in [0.2, 0.25) is 0 Å². The summed E-state index contributed by atoms with van der Waals surface area (Å²) < 4.78 is 27.8. The fourth-order valence-electron chi connectivity index (χ4n) is 3.84. The van der Waals surface area contributed by atoms with Crippen LogP contribution in [0.25, 0.3) is 22.5 Å². The summed E-state index contributed by atoms with van der Waals surface area (Å²) in [6.45, 7) is 1.94. The third-order valence-corrected chi connectivity index (χ3v) is 6.69. The molecule has 1 fully saturated rings. The lowest BCUT2D eigenvalue weighted by atomic mass is 10.0. The van der Waals surface area contributed by atoms with Crippen molar-refractivity contribution in [3.05, 3.63) is 60.2 Å². The molecule has 1 N–H and O–H groups in total. The number of halogens is 2. The van der Waals surface area contributed by atoms with Gasteiger partial charge in [-0.25, -0.2) is 13.8 Å². The standard InChI is InChI=1S/C24H24F2N4OS/c1-2-20(23(31)27-19-11-3-4-12-19)32-24-28-21(15-7-5-9-17(25)13-15)22(29-30-24)16-8-6-10-18(26)14-16/h5-10,13-14,19-20H,2-4,11-12H2,1H3,(H,27,31)/t20-/m0/s1. The summed E-state index contributed by atoms with van der Waals surface area (Å²) >= 11 is 1.24. The molecule has 4 rings (SSSR count). The van der Waals surface area contributed by atoms with Crippen molar-refractivity contribution in [3.63, 3.8) is 0 Å². The second-order valence-corrected chi connectivity index (χ2v) is 8.99. The monoisotopic (exact) mass is 454 g/mol. The number of hydrogen-bond donors (Lipinski definition) is 1. The van der Waals surface area contributed by atoms with Gasteiger partial charge in [0.2, 0.25) is 11.1 Å². The minimum Gasteiger partial charge on any atom is -0.352 e. The predicted molar refractivity (Wildman–Crippen MR) is 121 cm³/mol. The number of amides is 1. The lowest BCUT2D eigenvalue weighted by molar-refractivity contribution is -0.121. The highest BCUT2D eigenvalue weighted by Gasteiger charge is 2.25. The van der Waals surface area contributed by atoms with Crippen molar-refractivity contribution in [3.8, 4) is 22.5 Å². The number of carbonyl (C=O) groups is 1. The molecular formula is C24H24F2N4OS. The van der Waals surface area contributed by atoms with Crippen LogP contribution in [0.15, 0.2) is 53.7 Å². The minimum absolute atomic E-state index is 0.0329. The largest absolute Gasteiger partial charge is 0.352 e. The number of nitrogens with one attached hydrogen (secondary N) is 1. The summed E-state index contributed by atoms with van der Waals surface area (Å²) in [5.74, 6) is -0.861. The number of nitrogens with zero attached hydrogens (tertiary/aromatic N) is 3. The average Bonchev–Trinajstić information content (AvgIpc) is 3.30. The van der Waals surface area contributed by atoms with E-state index in [1.807, 2.05) is 6.92 Å². The molecule has 0 saturated heterocycles. The van der Waals surface area contributed by atoms with Crippen molar-refractivity contribution in [2.45, 2.75) is 55.5 Å². The molecule has 32 heavy (non-hydrogen) atoms. The Kier molecular flexibility index (Phi) is 7.09. The Morgan fingerprint density at radius 1 is 1.03 bits per heavy atom. The second kappa shape index (κ2) is 10.2. The number of thioether (sulfide) groups is 1. The number of aromatic nitrogens is 3. The van der Waals surface area contributed by atoms with Gasteiger partial charge in [-0.1, -0.05) is 55.8 Å². The Morgan fingerprint density at radius 3 is 2.25 bits per heavy atom. The van der Waals surface area contributed by atoms with Crippen molar-refractivity contribution < 1.29 is 13.6 Å². The van der Waals surface area contributed by atoms with E-state index < -0.39 is 11.6 Å². The molecule has 0 aliphatic heterocycles. The summed E-state index contributed by atoms with van der Waals surface area (Å²) in [5.41, 5.74) is 1.73. The van der Waals surface area contributed by atoms with E-state index in [-0.39, 0.29) is 17.2 Å². The van der Waals surface area contributed by atoms with E-state index in [1.54, 1.807) is 24.3 Å². The van der Waals surface area contributed by atoms with Crippen LogP contribution >= 0.6 is 11.8 Å². The van der Waals surface area contributed by atoms with E-state index in [2.05, 4.69) is 20.5 Å². The molecule has 1 heterocycles. The van der Waals surface area contributed by atoms with Crippen LogP contribution in [-0.2, 0) is 4.79 Å². The Labute approximate surface area is 190 Å². The van der Waals surface area contributed by atoms with Crippen molar-refractivity contribution in [1.29, 1.82) is 0 Å². The lowest BCUT2D eigenvalue weighted by Gasteiger charge is -2.18. The van der Waals surface area contributed by atoms with E-state index in [1.165, 1.54) is 36.0 Å². The van der Waals surface area contributed by atoms with Gasteiger partial charge in [-0.05, 0) is 43.5 Å². The van der Waals surface area contributed by atoms with Crippen LogP contribution in [0, 0.1) is 11.6 Å². The molecule has 1 aromatic heterocycles. The maximum atomic E-state index is 13.9. The smallest absolute Gasteiger partial charge is 0.233 e. The first-order valence-electron chi connectivity index (χ1n) is 10.8. The van der Waals surface area contributed by atoms with Gasteiger partial charge < -0.3 is 5.32 Å². The molecule has 0 spiro atoms. The summed E-state index contributed by atoms with van der Waals surface area (Å²) in [4.78, 5) is 17.4. The van der Waals surface area contributed by atoms with Gasteiger partial charge in [-0.2, -0.15) is 0 Å². The van der Waals surface area contributed by atoms with Gasteiger partial charge >= 0.3 is 0 Å². The maximum absolute atomic E-state index is 13.9. The van der Waals surface area contributed by atoms with Gasteiger partial charge in [0.25, 0.3) is 0 Å². The van der Waals surface area contributed by atoms with Gasteiger partial charge in [0.1, 0.15) is 23.0 Å². The Bertz CT molecular complexity index is 1100. The van der Waals surface area contributed by atoms with Crippen molar-refractivity contribution in [1.82, 2.24) is 20.5 Å². The van der Waals surface area contributed by atoms with Gasteiger partial charge in [0.15, 0.2) is 0 Å². The van der Waals surface area contributed by atoms with E-state index in [9.17, 15) is 13.6 Å². The summed E-state index contributed by atoms with van der Waals surface area (Å²) in [7, 11) is 0. The first-order valence-corrected chi connectivity index (χ1v) is 11.6. The van der Waals surface area contributed by atoms with Gasteiger partial charge in [0, 0.05) is 17.2 Å². The predicted octanol–water partition coefficient (Wildman–Crippen LogP) is 5.41. The van der Waals surface area contributed by atoms with E-state index >= 15 is 0 Å². The molecule has 1 amide bonds. The van der Waals surface area contributed by atoms with Crippen molar-refractivity contribution >= 4 is 17.7 Å². The molecule has 1 aliphatic rings. The molecule has 0 radical (unpaired) electrons. The number of carbonyl (C=O) groups excluding carboxylic acids is 1. The molecule has 1 saturated carbocycles. The van der Waals surface area contributed by atoms with E-state index in [4.69, 9.17) is 0 Å². The zero-order valence-corrected chi connectivity index (χ0v) is 18.5. The fourth-order valence-corrected chi connectivity index (χ4v) is 4.67. The molecular weight excluding hydrogens is 430 g/mol. The SMILES string of the molecule is CC[C@H](Sc1nnc(-c2cccc(F)c2)c(-c2cccc(F)c2)n1)C(=O)NC1CCCC1. The molecule has 2 aromatic carbocycles. The number of hydrogen-bond acceptors (Lipinski definition) is 5. The van der Waals surface area contributed by atoms with E-state index in [0.717, 1.165) is 25.7 Å². The highest BCUT2D eigenvalue weighted by atomic mass is 32.2. The molecule has 3 aromatic rings. The molecule has 0 bridgehead atoms. The molecule has 1 atom stereocenters. The topological polar surface area (TPSA) is 67.8 Å². The van der Waals surface area contributed by atoms with Gasteiger partial charge in [-0.3, -0.25) is 4.79 Å². The number of benzene rings is 2. The molecule has 0 unspecified atom stereocenters. The van der Waals surface area contributed by atoms with Gasteiger partial charge in [-0.15, -0.1) is 10.2 Å². The molecule has 8 heteroatoms. The zero-order chi connectivity index (χ0) is 22.5. The number of rotatable bonds is 7. The lowest BCUT2D eigenvalue weighted by Crippen LogP contribution is -2.38. The van der Waals surface area contributed by atoms with Gasteiger partial charge in [0.05, 0.1) is 5.25 Å². The van der Waals surface area contributed by atoms with Crippen LogP contribution in [0.1, 0.15) is 39.0 Å².